The minimum absolute atomic E-state index is 0.0129. The highest BCUT2D eigenvalue weighted by atomic mass is 15.5. The lowest BCUT2D eigenvalue weighted by atomic mass is 10.1. The monoisotopic (exact) mass is 259 g/mol. The molecule has 3 nitrogen and oxygen atoms in total. The molecule has 0 aromatic heterocycles. The first-order valence-electron chi connectivity index (χ1n) is 6.75. The van der Waals surface area contributed by atoms with Gasteiger partial charge >= 0.3 is 0 Å². The molecule has 0 amide bonds. The number of hydrogen-bond acceptors (Lipinski definition) is 3. The quantitative estimate of drug-likeness (QED) is 0.777. The van der Waals surface area contributed by atoms with Crippen LogP contribution in [0.4, 0.5) is 0 Å². The van der Waals surface area contributed by atoms with Crippen molar-refractivity contribution in [3.8, 4) is 6.07 Å². The lowest BCUT2D eigenvalue weighted by Gasteiger charge is -2.13. The standard InChI is InChI=1S/C17H13N3/c18-11-14-16-15(12-7-3-1-4-8-12)20(16)17(19-14)13-9-5-2-6-10-13/h1-10,15-17H. The van der Waals surface area contributed by atoms with Gasteiger partial charge in [-0.1, -0.05) is 60.7 Å². The maximum Gasteiger partial charge on any atom is 0.133 e. The molecular formula is C17H13N3. The molecular weight excluding hydrogens is 246 g/mol. The summed E-state index contributed by atoms with van der Waals surface area (Å²) in [5.74, 6) is 0. The van der Waals surface area contributed by atoms with Crippen LogP contribution in [0.15, 0.2) is 65.7 Å². The molecule has 2 aromatic rings. The summed E-state index contributed by atoms with van der Waals surface area (Å²) in [7, 11) is 0. The zero-order valence-electron chi connectivity index (χ0n) is 10.8. The summed E-state index contributed by atoms with van der Waals surface area (Å²) in [5.41, 5.74) is 3.08. The Morgan fingerprint density at radius 3 is 2.05 bits per heavy atom. The van der Waals surface area contributed by atoms with Gasteiger partial charge in [0.2, 0.25) is 0 Å². The van der Waals surface area contributed by atoms with E-state index in [2.05, 4.69) is 40.2 Å². The molecule has 2 aromatic carbocycles. The molecule has 0 saturated carbocycles. The van der Waals surface area contributed by atoms with Crippen molar-refractivity contribution < 1.29 is 0 Å². The van der Waals surface area contributed by atoms with Crippen molar-refractivity contribution in [3.63, 3.8) is 0 Å². The second-order valence-corrected chi connectivity index (χ2v) is 5.16. The number of nitrogens with zero attached hydrogens (tertiary/aromatic N) is 3. The van der Waals surface area contributed by atoms with Gasteiger partial charge in [0.25, 0.3) is 0 Å². The summed E-state index contributed by atoms with van der Waals surface area (Å²) < 4.78 is 0. The summed E-state index contributed by atoms with van der Waals surface area (Å²) in [6.07, 6.45) is -0.0129. The maximum absolute atomic E-state index is 9.29. The molecule has 2 aliphatic rings. The Kier molecular flexibility index (Phi) is 2.45. The van der Waals surface area contributed by atoms with Crippen LogP contribution in [-0.4, -0.2) is 16.7 Å². The Labute approximate surface area is 117 Å². The van der Waals surface area contributed by atoms with E-state index in [1.807, 2.05) is 36.4 Å². The molecule has 2 aliphatic heterocycles. The van der Waals surface area contributed by atoms with Gasteiger partial charge in [0.1, 0.15) is 17.9 Å². The molecule has 20 heavy (non-hydrogen) atoms. The third-order valence-corrected chi connectivity index (χ3v) is 4.03. The van der Waals surface area contributed by atoms with E-state index in [0.717, 1.165) is 5.56 Å². The molecule has 0 radical (unpaired) electrons. The Morgan fingerprint density at radius 2 is 1.45 bits per heavy atom. The minimum atomic E-state index is -0.0129. The molecule has 3 heteroatoms. The predicted molar refractivity (Wildman–Crippen MR) is 77.0 cm³/mol. The van der Waals surface area contributed by atoms with Crippen molar-refractivity contribution in [2.24, 2.45) is 4.99 Å². The number of fused-ring (bicyclic) bond motifs is 1. The van der Waals surface area contributed by atoms with Gasteiger partial charge in [0, 0.05) is 0 Å². The van der Waals surface area contributed by atoms with Crippen LogP contribution < -0.4 is 0 Å². The van der Waals surface area contributed by atoms with Gasteiger partial charge in [-0.3, -0.25) is 9.89 Å². The maximum atomic E-state index is 9.29. The van der Waals surface area contributed by atoms with Gasteiger partial charge in [-0.2, -0.15) is 5.26 Å². The first-order chi connectivity index (χ1) is 9.90. The van der Waals surface area contributed by atoms with E-state index < -0.39 is 0 Å². The van der Waals surface area contributed by atoms with E-state index in [-0.39, 0.29) is 12.2 Å². The first kappa shape index (κ1) is 11.4. The van der Waals surface area contributed by atoms with E-state index in [9.17, 15) is 5.26 Å². The SMILES string of the molecule is N#CC1=NC(c2ccccc2)N2C1C2c1ccccc1. The van der Waals surface area contributed by atoms with Gasteiger partial charge in [0.15, 0.2) is 0 Å². The molecule has 0 N–H and O–H groups in total. The molecule has 96 valence electrons. The third kappa shape index (κ3) is 1.59. The van der Waals surface area contributed by atoms with Crippen LogP contribution >= 0.6 is 0 Å². The third-order valence-electron chi connectivity index (χ3n) is 4.03. The smallest absolute Gasteiger partial charge is 0.133 e. The van der Waals surface area contributed by atoms with Gasteiger partial charge in [-0.15, -0.1) is 0 Å². The number of benzene rings is 2. The van der Waals surface area contributed by atoms with E-state index >= 15 is 0 Å². The topological polar surface area (TPSA) is 39.2 Å². The van der Waals surface area contributed by atoms with Crippen molar-refractivity contribution in [1.82, 2.24) is 4.90 Å². The van der Waals surface area contributed by atoms with Gasteiger partial charge in [0.05, 0.1) is 12.1 Å². The highest BCUT2D eigenvalue weighted by molar-refractivity contribution is 6.06. The number of aliphatic imine (C=N–C) groups is 1. The Bertz CT molecular complexity index is 700. The molecule has 2 heterocycles. The fraction of sp³-hybridized carbons (Fsp3) is 0.176. The van der Waals surface area contributed by atoms with Crippen LogP contribution in [0.2, 0.25) is 0 Å². The highest BCUT2D eigenvalue weighted by Crippen LogP contribution is 2.54. The van der Waals surface area contributed by atoms with Crippen molar-refractivity contribution in [3.05, 3.63) is 71.8 Å². The van der Waals surface area contributed by atoms with Crippen LogP contribution in [0, 0.1) is 11.3 Å². The molecule has 4 rings (SSSR count). The fourth-order valence-electron chi connectivity index (χ4n) is 3.09. The van der Waals surface area contributed by atoms with Gasteiger partial charge in [-0.25, -0.2) is 0 Å². The van der Waals surface area contributed by atoms with E-state index in [4.69, 9.17) is 0 Å². The lowest BCUT2D eigenvalue weighted by Crippen LogP contribution is -2.05. The van der Waals surface area contributed by atoms with Crippen molar-refractivity contribution in [2.75, 3.05) is 0 Å². The summed E-state index contributed by atoms with van der Waals surface area (Å²) in [6, 6.07) is 23.3. The zero-order valence-corrected chi connectivity index (χ0v) is 10.8. The normalized spacial score (nSPS) is 30.2. The van der Waals surface area contributed by atoms with Crippen LogP contribution in [0.1, 0.15) is 23.3 Å². The number of nitriles is 1. The first-order valence-corrected chi connectivity index (χ1v) is 6.75. The molecule has 0 bridgehead atoms. The average molecular weight is 259 g/mol. The van der Waals surface area contributed by atoms with Crippen LogP contribution in [0.25, 0.3) is 0 Å². The largest absolute Gasteiger partial charge is 0.258 e. The molecule has 0 spiro atoms. The summed E-state index contributed by atoms with van der Waals surface area (Å²) >= 11 is 0. The second kappa shape index (κ2) is 4.29. The Balaban J connectivity index is 1.71. The van der Waals surface area contributed by atoms with Crippen molar-refractivity contribution >= 4 is 5.71 Å². The number of rotatable bonds is 2. The molecule has 1 fully saturated rings. The Hall–Kier alpha value is -2.44. The van der Waals surface area contributed by atoms with Gasteiger partial charge < -0.3 is 0 Å². The average Bonchev–Trinajstić information content (AvgIpc) is 3.14. The van der Waals surface area contributed by atoms with E-state index in [1.54, 1.807) is 0 Å². The van der Waals surface area contributed by atoms with Crippen molar-refractivity contribution in [2.45, 2.75) is 18.2 Å². The molecule has 4 unspecified atom stereocenters. The number of hydrogen-bond donors (Lipinski definition) is 0. The molecule has 1 saturated heterocycles. The summed E-state index contributed by atoms with van der Waals surface area (Å²) in [5, 5.41) is 9.29. The summed E-state index contributed by atoms with van der Waals surface area (Å²) in [6.45, 7) is 0. The zero-order chi connectivity index (χ0) is 13.5. The van der Waals surface area contributed by atoms with Crippen LogP contribution in [0.5, 0.6) is 0 Å². The van der Waals surface area contributed by atoms with Gasteiger partial charge in [-0.05, 0) is 11.1 Å². The fourth-order valence-corrected chi connectivity index (χ4v) is 3.09. The minimum Gasteiger partial charge on any atom is -0.258 e. The van der Waals surface area contributed by atoms with Crippen LogP contribution in [-0.2, 0) is 0 Å². The predicted octanol–water partition coefficient (Wildman–Crippen LogP) is 3.09. The van der Waals surface area contributed by atoms with Crippen molar-refractivity contribution in [1.29, 1.82) is 5.26 Å². The lowest BCUT2D eigenvalue weighted by molar-refractivity contribution is 0.404. The van der Waals surface area contributed by atoms with E-state index in [1.165, 1.54) is 5.56 Å². The second-order valence-electron chi connectivity index (χ2n) is 5.16. The highest BCUT2D eigenvalue weighted by Gasteiger charge is 2.59. The van der Waals surface area contributed by atoms with Crippen LogP contribution in [0.3, 0.4) is 0 Å². The summed E-state index contributed by atoms with van der Waals surface area (Å²) in [4.78, 5) is 6.87. The Morgan fingerprint density at radius 1 is 0.850 bits per heavy atom. The molecule has 0 aliphatic carbocycles. The van der Waals surface area contributed by atoms with E-state index in [0.29, 0.717) is 11.8 Å². The molecule has 4 atom stereocenters.